The maximum absolute atomic E-state index is 12.5. The molecule has 1 aromatic carbocycles. The lowest BCUT2D eigenvalue weighted by molar-refractivity contribution is -0.148. The number of nitrogens with one attached hydrogen (secondary N) is 2. The summed E-state index contributed by atoms with van der Waals surface area (Å²) in [5.74, 6) is -0.470. The third kappa shape index (κ3) is 3.95. The van der Waals surface area contributed by atoms with E-state index < -0.39 is 12.1 Å². The number of benzene rings is 1. The van der Waals surface area contributed by atoms with E-state index in [-0.39, 0.29) is 18.4 Å². The van der Waals surface area contributed by atoms with Gasteiger partial charge < -0.3 is 15.4 Å². The van der Waals surface area contributed by atoms with Crippen molar-refractivity contribution in [1.82, 2.24) is 20.8 Å². The first kappa shape index (κ1) is 16.5. The molecule has 0 aliphatic carbocycles. The lowest BCUT2D eigenvalue weighted by Gasteiger charge is -2.31. The van der Waals surface area contributed by atoms with E-state index in [1.54, 1.807) is 0 Å². The zero-order valence-electron chi connectivity index (χ0n) is 13.2. The number of aromatic nitrogens is 2. The summed E-state index contributed by atoms with van der Waals surface area (Å²) in [7, 11) is 0. The highest BCUT2D eigenvalue weighted by atomic mass is 32.1. The van der Waals surface area contributed by atoms with Crippen LogP contribution in [0.3, 0.4) is 0 Å². The van der Waals surface area contributed by atoms with E-state index in [1.165, 1.54) is 11.3 Å². The van der Waals surface area contributed by atoms with Crippen molar-refractivity contribution in [2.24, 2.45) is 0 Å². The topological polar surface area (TPSA) is 93.2 Å². The summed E-state index contributed by atoms with van der Waals surface area (Å²) in [4.78, 5) is 24.1. The second-order valence-corrected chi connectivity index (χ2v) is 6.71. The van der Waals surface area contributed by atoms with Gasteiger partial charge in [-0.05, 0) is 12.5 Å². The molecule has 1 aliphatic rings. The van der Waals surface area contributed by atoms with Gasteiger partial charge in [-0.15, -0.1) is 21.5 Å². The number of carbonyl (C=O) groups excluding carboxylic acids is 2. The second kappa shape index (κ2) is 7.50. The number of carbonyl (C=O) groups is 2. The SMILES string of the molecule is Cc1nnc(CCNC(=O)[C@H]2OCC(=O)N[C@@H]2c2ccccc2)s1. The molecule has 1 aliphatic heterocycles. The Hall–Kier alpha value is -2.32. The number of ether oxygens (including phenoxy) is 1. The van der Waals surface area contributed by atoms with Gasteiger partial charge in [0.1, 0.15) is 16.6 Å². The number of aryl methyl sites for hydroxylation is 1. The molecule has 2 heterocycles. The number of rotatable bonds is 5. The molecule has 1 aromatic heterocycles. The van der Waals surface area contributed by atoms with Crippen LogP contribution < -0.4 is 10.6 Å². The summed E-state index contributed by atoms with van der Waals surface area (Å²) in [6.07, 6.45) is -0.131. The van der Waals surface area contributed by atoms with E-state index in [0.717, 1.165) is 15.6 Å². The Balaban J connectivity index is 1.62. The van der Waals surface area contributed by atoms with Crippen LogP contribution in [0.2, 0.25) is 0 Å². The lowest BCUT2D eigenvalue weighted by Crippen LogP contribution is -2.52. The van der Waals surface area contributed by atoms with Gasteiger partial charge in [0.25, 0.3) is 5.91 Å². The third-order valence-electron chi connectivity index (χ3n) is 3.64. The van der Waals surface area contributed by atoms with Gasteiger partial charge in [-0.25, -0.2) is 0 Å². The minimum atomic E-state index is -0.749. The number of nitrogens with zero attached hydrogens (tertiary/aromatic N) is 2. The van der Waals surface area contributed by atoms with E-state index in [0.29, 0.717) is 13.0 Å². The Morgan fingerprint density at radius 2 is 2.17 bits per heavy atom. The molecule has 1 fully saturated rings. The highest BCUT2D eigenvalue weighted by Crippen LogP contribution is 2.22. The summed E-state index contributed by atoms with van der Waals surface area (Å²) >= 11 is 1.51. The molecule has 24 heavy (non-hydrogen) atoms. The van der Waals surface area contributed by atoms with Crippen molar-refractivity contribution in [1.29, 1.82) is 0 Å². The van der Waals surface area contributed by atoms with Gasteiger partial charge in [-0.2, -0.15) is 0 Å². The van der Waals surface area contributed by atoms with Gasteiger partial charge in [0.15, 0.2) is 6.10 Å². The molecule has 1 saturated heterocycles. The normalized spacial score (nSPS) is 20.5. The quantitative estimate of drug-likeness (QED) is 0.834. The minimum absolute atomic E-state index is 0.114. The molecule has 0 radical (unpaired) electrons. The molecule has 0 saturated carbocycles. The molecule has 2 amide bonds. The van der Waals surface area contributed by atoms with Crippen LogP contribution in [-0.2, 0) is 20.7 Å². The Morgan fingerprint density at radius 1 is 1.38 bits per heavy atom. The van der Waals surface area contributed by atoms with Gasteiger partial charge in [-0.3, -0.25) is 9.59 Å². The molecule has 8 heteroatoms. The second-order valence-electron chi connectivity index (χ2n) is 5.44. The summed E-state index contributed by atoms with van der Waals surface area (Å²) < 4.78 is 5.48. The Bertz CT molecular complexity index is 719. The van der Waals surface area contributed by atoms with Crippen LogP contribution in [0.4, 0.5) is 0 Å². The smallest absolute Gasteiger partial charge is 0.251 e. The average molecular weight is 346 g/mol. The highest BCUT2D eigenvalue weighted by molar-refractivity contribution is 7.11. The summed E-state index contributed by atoms with van der Waals surface area (Å²) in [6, 6.07) is 8.85. The van der Waals surface area contributed by atoms with Gasteiger partial charge in [0, 0.05) is 13.0 Å². The van der Waals surface area contributed by atoms with Crippen LogP contribution in [0, 0.1) is 6.92 Å². The average Bonchev–Trinajstić information content (AvgIpc) is 3.01. The first-order valence-corrected chi connectivity index (χ1v) is 8.48. The highest BCUT2D eigenvalue weighted by Gasteiger charge is 2.35. The van der Waals surface area contributed by atoms with Crippen molar-refractivity contribution >= 4 is 23.2 Å². The maximum atomic E-state index is 12.5. The first-order chi connectivity index (χ1) is 11.6. The molecular formula is C16H18N4O3S. The third-order valence-corrected chi connectivity index (χ3v) is 4.53. The van der Waals surface area contributed by atoms with Crippen molar-refractivity contribution in [2.45, 2.75) is 25.5 Å². The molecule has 2 N–H and O–H groups in total. The molecular weight excluding hydrogens is 328 g/mol. The minimum Gasteiger partial charge on any atom is -0.356 e. The van der Waals surface area contributed by atoms with Crippen molar-refractivity contribution in [3.63, 3.8) is 0 Å². The largest absolute Gasteiger partial charge is 0.356 e. The molecule has 2 atom stereocenters. The van der Waals surface area contributed by atoms with E-state index in [2.05, 4.69) is 20.8 Å². The fraction of sp³-hybridized carbons (Fsp3) is 0.375. The number of hydrogen-bond donors (Lipinski definition) is 2. The van der Waals surface area contributed by atoms with E-state index >= 15 is 0 Å². The molecule has 0 unspecified atom stereocenters. The zero-order valence-corrected chi connectivity index (χ0v) is 14.0. The van der Waals surface area contributed by atoms with Crippen LogP contribution in [0.5, 0.6) is 0 Å². The van der Waals surface area contributed by atoms with E-state index in [1.807, 2.05) is 37.3 Å². The Morgan fingerprint density at radius 3 is 2.88 bits per heavy atom. The summed E-state index contributed by atoms with van der Waals surface area (Å²) in [5.41, 5.74) is 0.838. The van der Waals surface area contributed by atoms with Crippen LogP contribution in [0.1, 0.15) is 21.6 Å². The van der Waals surface area contributed by atoms with Crippen LogP contribution in [-0.4, -0.2) is 41.3 Å². The number of amides is 2. The molecule has 126 valence electrons. The van der Waals surface area contributed by atoms with E-state index in [4.69, 9.17) is 4.74 Å². The predicted molar refractivity (Wildman–Crippen MR) is 88.4 cm³/mol. The summed E-state index contributed by atoms with van der Waals surface area (Å²) in [6.45, 7) is 2.22. The molecule has 0 spiro atoms. The monoisotopic (exact) mass is 346 g/mol. The molecule has 0 bridgehead atoms. The lowest BCUT2D eigenvalue weighted by atomic mass is 9.99. The zero-order chi connectivity index (χ0) is 16.9. The van der Waals surface area contributed by atoms with Crippen LogP contribution in [0.25, 0.3) is 0 Å². The number of hydrogen-bond acceptors (Lipinski definition) is 6. The fourth-order valence-corrected chi connectivity index (χ4v) is 3.24. The Kier molecular flexibility index (Phi) is 5.17. The van der Waals surface area contributed by atoms with Crippen molar-refractivity contribution in [3.8, 4) is 0 Å². The summed E-state index contributed by atoms with van der Waals surface area (Å²) in [5, 5.41) is 15.4. The predicted octanol–water partition coefficient (Wildman–Crippen LogP) is 0.762. The molecule has 7 nitrogen and oxygen atoms in total. The Labute approximate surface area is 143 Å². The van der Waals surface area contributed by atoms with Crippen molar-refractivity contribution < 1.29 is 14.3 Å². The first-order valence-electron chi connectivity index (χ1n) is 7.66. The maximum Gasteiger partial charge on any atom is 0.251 e. The standard InChI is InChI=1S/C16H18N4O3S/c1-10-19-20-13(24-10)7-8-17-16(22)15-14(18-12(21)9-23-15)11-5-3-2-4-6-11/h2-6,14-15H,7-9H2,1H3,(H,17,22)(H,18,21)/t14-,15+/m1/s1. The van der Waals surface area contributed by atoms with Gasteiger partial charge in [0.2, 0.25) is 5.91 Å². The van der Waals surface area contributed by atoms with Gasteiger partial charge in [0.05, 0.1) is 6.04 Å². The van der Waals surface area contributed by atoms with Crippen molar-refractivity contribution in [3.05, 3.63) is 45.9 Å². The van der Waals surface area contributed by atoms with E-state index in [9.17, 15) is 9.59 Å². The molecule has 3 rings (SSSR count). The number of morpholine rings is 1. The van der Waals surface area contributed by atoms with Crippen LogP contribution >= 0.6 is 11.3 Å². The fourth-order valence-electron chi connectivity index (χ4n) is 2.53. The van der Waals surface area contributed by atoms with Gasteiger partial charge >= 0.3 is 0 Å². The van der Waals surface area contributed by atoms with Crippen molar-refractivity contribution in [2.75, 3.05) is 13.2 Å². The van der Waals surface area contributed by atoms with Crippen LogP contribution in [0.15, 0.2) is 30.3 Å². The van der Waals surface area contributed by atoms with Gasteiger partial charge in [-0.1, -0.05) is 30.3 Å². The molecule has 2 aromatic rings.